The lowest BCUT2D eigenvalue weighted by molar-refractivity contribution is -0.0674. The first kappa shape index (κ1) is 17.0. The molecule has 0 aromatic carbocycles. The van der Waals surface area contributed by atoms with Gasteiger partial charge in [0.15, 0.2) is 5.65 Å². The molecule has 0 spiro atoms. The molecule has 3 N–H and O–H groups in total. The molecule has 1 aliphatic carbocycles. The predicted molar refractivity (Wildman–Crippen MR) is 94.3 cm³/mol. The average Bonchev–Trinajstić information content (AvgIpc) is 3.24. The van der Waals surface area contributed by atoms with Gasteiger partial charge in [0.2, 0.25) is 0 Å². The quantitative estimate of drug-likeness (QED) is 0.735. The number of nitrogens with one attached hydrogen (secondary N) is 1. The number of imidazole rings is 1. The van der Waals surface area contributed by atoms with Gasteiger partial charge in [-0.05, 0) is 31.0 Å². The molecule has 0 aliphatic heterocycles. The van der Waals surface area contributed by atoms with Gasteiger partial charge in [0.05, 0.1) is 16.8 Å². The highest BCUT2D eigenvalue weighted by Crippen LogP contribution is 2.33. The zero-order chi connectivity index (χ0) is 18.3. The third-order valence-electron chi connectivity index (χ3n) is 4.61. The molecule has 0 radical (unpaired) electrons. The second kappa shape index (κ2) is 6.40. The first-order chi connectivity index (χ1) is 12.5. The highest BCUT2D eigenvalue weighted by Gasteiger charge is 2.46. The molecule has 2 atom stereocenters. The Morgan fingerprint density at radius 3 is 3.12 bits per heavy atom. The maximum Gasteiger partial charge on any atom is 0.269 e. The second-order valence-corrected chi connectivity index (χ2v) is 7.32. The van der Waals surface area contributed by atoms with Crippen molar-refractivity contribution in [3.8, 4) is 11.3 Å². The van der Waals surface area contributed by atoms with Gasteiger partial charge in [0, 0.05) is 29.6 Å². The van der Waals surface area contributed by atoms with Gasteiger partial charge in [-0.3, -0.25) is 4.79 Å². The van der Waals surface area contributed by atoms with E-state index in [1.807, 2.05) is 6.07 Å². The zero-order valence-corrected chi connectivity index (χ0v) is 14.5. The normalized spacial score (nSPS) is 22.4. The van der Waals surface area contributed by atoms with E-state index in [4.69, 9.17) is 5.73 Å². The van der Waals surface area contributed by atoms with Crippen LogP contribution >= 0.6 is 11.3 Å². The number of aromatic nitrogens is 3. The Kier molecular flexibility index (Phi) is 4.20. The smallest absolute Gasteiger partial charge is 0.269 e. The van der Waals surface area contributed by atoms with Gasteiger partial charge in [-0.25, -0.2) is 18.3 Å². The molecule has 136 valence electrons. The topological polar surface area (TPSA) is 85.3 Å². The van der Waals surface area contributed by atoms with Crippen LogP contribution in [0.1, 0.15) is 28.9 Å². The predicted octanol–water partition coefficient (Wildman–Crippen LogP) is 2.70. The monoisotopic (exact) mass is 377 g/mol. The fourth-order valence-corrected chi connectivity index (χ4v) is 4.05. The zero-order valence-electron chi connectivity index (χ0n) is 13.7. The molecule has 3 heterocycles. The van der Waals surface area contributed by atoms with Crippen molar-refractivity contribution in [1.29, 1.82) is 0 Å². The summed E-state index contributed by atoms with van der Waals surface area (Å²) >= 11 is 1.19. The van der Waals surface area contributed by atoms with E-state index in [1.54, 1.807) is 34.4 Å². The van der Waals surface area contributed by atoms with E-state index in [9.17, 15) is 13.6 Å². The summed E-state index contributed by atoms with van der Waals surface area (Å²) in [6.07, 6.45) is 3.89. The highest BCUT2D eigenvalue weighted by molar-refractivity contribution is 7.12. The van der Waals surface area contributed by atoms with Crippen LogP contribution in [-0.2, 0) is 0 Å². The van der Waals surface area contributed by atoms with Crippen LogP contribution in [0.2, 0.25) is 0 Å². The number of hydrogen-bond donors (Lipinski definition) is 2. The summed E-state index contributed by atoms with van der Waals surface area (Å²) < 4.78 is 29.8. The van der Waals surface area contributed by atoms with Crippen molar-refractivity contribution in [2.75, 3.05) is 0 Å². The Hall–Kier alpha value is -2.39. The number of carbonyl (C=O) groups is 1. The number of fused-ring (bicyclic) bond motifs is 1. The molecule has 1 unspecified atom stereocenters. The number of carbonyl (C=O) groups excluding carboxylic acids is 1. The van der Waals surface area contributed by atoms with Crippen LogP contribution in [0.3, 0.4) is 0 Å². The van der Waals surface area contributed by atoms with Crippen molar-refractivity contribution in [1.82, 2.24) is 19.9 Å². The molecule has 0 saturated heterocycles. The van der Waals surface area contributed by atoms with Crippen molar-refractivity contribution in [3.63, 3.8) is 0 Å². The Bertz CT molecular complexity index is 953. The molecule has 3 aromatic rings. The van der Waals surface area contributed by atoms with Crippen LogP contribution in [0.5, 0.6) is 0 Å². The summed E-state index contributed by atoms with van der Waals surface area (Å²) in [4.78, 5) is 17.1. The van der Waals surface area contributed by atoms with Crippen LogP contribution in [-0.4, -0.2) is 38.5 Å². The van der Waals surface area contributed by atoms with Gasteiger partial charge >= 0.3 is 0 Å². The molecule has 4 rings (SSSR count). The van der Waals surface area contributed by atoms with Crippen LogP contribution in [0.15, 0.2) is 36.0 Å². The van der Waals surface area contributed by atoms with E-state index < -0.39 is 23.9 Å². The summed E-state index contributed by atoms with van der Waals surface area (Å²) in [7, 11) is 0. The van der Waals surface area contributed by atoms with Crippen molar-refractivity contribution in [3.05, 3.63) is 40.8 Å². The van der Waals surface area contributed by atoms with Crippen molar-refractivity contribution >= 4 is 22.9 Å². The maximum atomic E-state index is 14.1. The van der Waals surface area contributed by atoms with Crippen molar-refractivity contribution < 1.29 is 13.6 Å². The molecule has 9 heteroatoms. The molecule has 1 amide bonds. The number of thiophene rings is 1. The fraction of sp³-hybridized carbons (Fsp3) is 0.353. The van der Waals surface area contributed by atoms with Crippen molar-refractivity contribution in [2.24, 2.45) is 5.73 Å². The van der Waals surface area contributed by atoms with Gasteiger partial charge < -0.3 is 11.1 Å². The summed E-state index contributed by atoms with van der Waals surface area (Å²) in [5.41, 5.74) is 7.99. The standard InChI is InChI=1S/C17H17F2N5OS/c18-17(19)5-1-3-11(20)15(17)23-16(25)13-7-10(9-26-13)12-8-21-14-4-2-6-22-24(12)14/h2,4,6-9,11,15H,1,3,5,20H2,(H,23,25)/t11-,15?/m1/s1. The Morgan fingerprint density at radius 2 is 2.31 bits per heavy atom. The van der Waals surface area contributed by atoms with Crippen LogP contribution < -0.4 is 11.1 Å². The molecule has 3 aromatic heterocycles. The minimum atomic E-state index is -2.99. The first-order valence-corrected chi connectivity index (χ1v) is 9.15. The van der Waals surface area contributed by atoms with E-state index in [0.717, 1.165) is 11.3 Å². The molecule has 6 nitrogen and oxygen atoms in total. The van der Waals surface area contributed by atoms with E-state index >= 15 is 0 Å². The SMILES string of the molecule is N[C@@H]1CCCC(F)(F)C1NC(=O)c1cc(-c2cnc3cccnn23)cs1. The summed E-state index contributed by atoms with van der Waals surface area (Å²) in [5.74, 6) is -3.52. The lowest BCUT2D eigenvalue weighted by atomic mass is 9.87. The number of nitrogens with two attached hydrogens (primary N) is 1. The summed E-state index contributed by atoms with van der Waals surface area (Å²) in [6.45, 7) is 0. The third-order valence-corrected chi connectivity index (χ3v) is 5.54. The van der Waals surface area contributed by atoms with E-state index in [2.05, 4.69) is 15.4 Å². The lowest BCUT2D eigenvalue weighted by Gasteiger charge is -2.36. The number of rotatable bonds is 3. The molecule has 1 aliphatic rings. The van der Waals surface area contributed by atoms with Crippen LogP contribution in [0.4, 0.5) is 8.78 Å². The molecule has 1 saturated carbocycles. The molecular weight excluding hydrogens is 360 g/mol. The average molecular weight is 377 g/mol. The van der Waals surface area contributed by atoms with Crippen molar-refractivity contribution in [2.45, 2.75) is 37.3 Å². The largest absolute Gasteiger partial charge is 0.341 e. The molecule has 1 fully saturated rings. The van der Waals surface area contributed by atoms with Gasteiger partial charge in [0.1, 0.15) is 6.04 Å². The maximum absolute atomic E-state index is 14.1. The van der Waals surface area contributed by atoms with Gasteiger partial charge in [-0.1, -0.05) is 0 Å². The lowest BCUT2D eigenvalue weighted by Crippen LogP contribution is -2.59. The minimum absolute atomic E-state index is 0.255. The van der Waals surface area contributed by atoms with Gasteiger partial charge in [-0.2, -0.15) is 5.10 Å². The Labute approximate surface area is 152 Å². The number of amides is 1. The second-order valence-electron chi connectivity index (χ2n) is 6.40. The number of nitrogens with zero attached hydrogens (tertiary/aromatic N) is 3. The Balaban J connectivity index is 1.57. The molecular formula is C17H17F2N5OS. The van der Waals surface area contributed by atoms with Gasteiger partial charge in [-0.15, -0.1) is 11.3 Å². The molecule has 26 heavy (non-hydrogen) atoms. The van der Waals surface area contributed by atoms with E-state index in [1.165, 1.54) is 11.3 Å². The van der Waals surface area contributed by atoms with E-state index in [0.29, 0.717) is 23.4 Å². The fourth-order valence-electron chi connectivity index (χ4n) is 3.25. The summed E-state index contributed by atoms with van der Waals surface area (Å²) in [6, 6.07) is 3.18. The molecule has 0 bridgehead atoms. The van der Waals surface area contributed by atoms with Gasteiger partial charge in [0.25, 0.3) is 11.8 Å². The van der Waals surface area contributed by atoms with E-state index in [-0.39, 0.29) is 6.42 Å². The van der Waals surface area contributed by atoms with Crippen LogP contribution in [0.25, 0.3) is 16.9 Å². The number of hydrogen-bond acceptors (Lipinski definition) is 5. The highest BCUT2D eigenvalue weighted by atomic mass is 32.1. The first-order valence-electron chi connectivity index (χ1n) is 8.27. The van der Waals surface area contributed by atoms with Crippen LogP contribution in [0, 0.1) is 0 Å². The third kappa shape index (κ3) is 2.97. The summed E-state index contributed by atoms with van der Waals surface area (Å²) in [5, 5.41) is 8.45. The number of alkyl halides is 2. The minimum Gasteiger partial charge on any atom is -0.341 e. The number of halogens is 2. The Morgan fingerprint density at radius 1 is 1.46 bits per heavy atom.